The van der Waals surface area contributed by atoms with Crippen molar-refractivity contribution in [2.45, 2.75) is 44.6 Å². The summed E-state index contributed by atoms with van der Waals surface area (Å²) in [5.41, 5.74) is 1.80. The van der Waals surface area contributed by atoms with Gasteiger partial charge in [-0.3, -0.25) is 0 Å². The Hall–Kier alpha value is -0.830. The Morgan fingerprint density at radius 2 is 2.19 bits per heavy atom. The number of hydrogen-bond acceptors (Lipinski definition) is 2. The lowest BCUT2D eigenvalue weighted by atomic mass is 9.78. The average molecular weight is 219 g/mol. The Kier molecular flexibility index (Phi) is 2.51. The molecule has 3 heteroatoms. The smallest absolute Gasteiger partial charge is 0.0948 e. The van der Waals surface area contributed by atoms with E-state index in [1.807, 2.05) is 6.33 Å². The number of rotatable bonds is 3. The van der Waals surface area contributed by atoms with Crippen LogP contribution in [0.3, 0.4) is 0 Å². The van der Waals surface area contributed by atoms with Gasteiger partial charge in [0.05, 0.1) is 6.33 Å². The van der Waals surface area contributed by atoms with Gasteiger partial charge >= 0.3 is 0 Å². The average Bonchev–Trinajstić information content (AvgIpc) is 2.95. The Morgan fingerprint density at radius 1 is 1.44 bits per heavy atom. The lowest BCUT2D eigenvalue weighted by Crippen LogP contribution is -2.39. The van der Waals surface area contributed by atoms with Gasteiger partial charge in [0.25, 0.3) is 0 Å². The van der Waals surface area contributed by atoms with Crippen LogP contribution in [0.2, 0.25) is 0 Å². The third kappa shape index (κ3) is 1.88. The predicted octanol–water partition coefficient (Wildman–Crippen LogP) is 1.93. The summed E-state index contributed by atoms with van der Waals surface area (Å²) in [6, 6.07) is 0. The van der Waals surface area contributed by atoms with Gasteiger partial charge in [-0.05, 0) is 44.7 Å². The summed E-state index contributed by atoms with van der Waals surface area (Å²) in [5, 5.41) is 3.44. The van der Waals surface area contributed by atoms with Gasteiger partial charge in [-0.25, -0.2) is 4.98 Å². The van der Waals surface area contributed by atoms with Gasteiger partial charge < -0.3 is 9.88 Å². The molecule has 3 nitrogen and oxygen atoms in total. The SMILES string of the molecule is CC1(c2cncn2CC2CC2)CCNCC1. The van der Waals surface area contributed by atoms with Crippen molar-refractivity contribution < 1.29 is 0 Å². The van der Waals surface area contributed by atoms with E-state index in [1.165, 1.54) is 37.9 Å². The molecule has 1 saturated carbocycles. The number of piperidine rings is 1. The summed E-state index contributed by atoms with van der Waals surface area (Å²) in [7, 11) is 0. The zero-order valence-corrected chi connectivity index (χ0v) is 10.1. The maximum absolute atomic E-state index is 4.37. The lowest BCUT2D eigenvalue weighted by molar-refractivity contribution is 0.315. The van der Waals surface area contributed by atoms with Crippen LogP contribution in [0.15, 0.2) is 12.5 Å². The molecule has 0 unspecified atom stereocenters. The first kappa shape index (κ1) is 10.3. The Bertz CT molecular complexity index is 359. The van der Waals surface area contributed by atoms with Crippen molar-refractivity contribution >= 4 is 0 Å². The van der Waals surface area contributed by atoms with Crippen LogP contribution in [0, 0.1) is 5.92 Å². The van der Waals surface area contributed by atoms with E-state index in [9.17, 15) is 0 Å². The number of aromatic nitrogens is 2. The van der Waals surface area contributed by atoms with Gasteiger partial charge in [-0.15, -0.1) is 0 Å². The van der Waals surface area contributed by atoms with E-state index in [2.05, 4.69) is 28.0 Å². The van der Waals surface area contributed by atoms with Crippen LogP contribution in [0.25, 0.3) is 0 Å². The van der Waals surface area contributed by atoms with E-state index in [0.717, 1.165) is 19.0 Å². The standard InChI is InChI=1S/C13H21N3/c1-13(4-6-14-7-5-13)12-8-15-10-16(12)9-11-2-3-11/h8,10-11,14H,2-7,9H2,1H3. The van der Waals surface area contributed by atoms with E-state index >= 15 is 0 Å². The van der Waals surface area contributed by atoms with Crippen molar-refractivity contribution in [2.75, 3.05) is 13.1 Å². The molecule has 0 aromatic carbocycles. The molecule has 1 saturated heterocycles. The van der Waals surface area contributed by atoms with Gasteiger partial charge in [0, 0.05) is 23.9 Å². The molecule has 0 amide bonds. The first-order valence-electron chi connectivity index (χ1n) is 6.49. The highest BCUT2D eigenvalue weighted by Gasteiger charge is 2.33. The molecule has 1 aromatic rings. The summed E-state index contributed by atoms with van der Waals surface area (Å²) in [6.07, 6.45) is 9.42. The van der Waals surface area contributed by atoms with Crippen molar-refractivity contribution in [3.05, 3.63) is 18.2 Å². The fraction of sp³-hybridized carbons (Fsp3) is 0.769. The number of nitrogens with one attached hydrogen (secondary N) is 1. The van der Waals surface area contributed by atoms with Gasteiger partial charge in [0.1, 0.15) is 0 Å². The van der Waals surface area contributed by atoms with Crippen molar-refractivity contribution in [1.82, 2.24) is 14.9 Å². The highest BCUT2D eigenvalue weighted by atomic mass is 15.1. The highest BCUT2D eigenvalue weighted by Crippen LogP contribution is 2.36. The van der Waals surface area contributed by atoms with Crippen molar-refractivity contribution in [2.24, 2.45) is 5.92 Å². The summed E-state index contributed by atoms with van der Waals surface area (Å²) in [6.45, 7) is 5.88. The molecular weight excluding hydrogens is 198 g/mol. The molecule has 0 spiro atoms. The first-order valence-corrected chi connectivity index (χ1v) is 6.49. The molecule has 1 N–H and O–H groups in total. The Balaban J connectivity index is 1.83. The fourth-order valence-corrected chi connectivity index (χ4v) is 2.78. The van der Waals surface area contributed by atoms with E-state index < -0.39 is 0 Å². The van der Waals surface area contributed by atoms with Gasteiger partial charge in [0.2, 0.25) is 0 Å². The van der Waals surface area contributed by atoms with E-state index in [0.29, 0.717) is 5.41 Å². The molecule has 3 rings (SSSR count). The molecule has 2 heterocycles. The Labute approximate surface area is 97.3 Å². The molecule has 88 valence electrons. The summed E-state index contributed by atoms with van der Waals surface area (Å²) >= 11 is 0. The second-order valence-corrected chi connectivity index (χ2v) is 5.69. The van der Waals surface area contributed by atoms with Crippen LogP contribution >= 0.6 is 0 Å². The monoisotopic (exact) mass is 219 g/mol. The molecule has 16 heavy (non-hydrogen) atoms. The van der Waals surface area contributed by atoms with E-state index in [4.69, 9.17) is 0 Å². The minimum atomic E-state index is 0.344. The van der Waals surface area contributed by atoms with Crippen LogP contribution in [0.4, 0.5) is 0 Å². The summed E-state index contributed by atoms with van der Waals surface area (Å²) in [5.74, 6) is 0.929. The lowest BCUT2D eigenvalue weighted by Gasteiger charge is -2.34. The normalized spacial score (nSPS) is 24.6. The third-order valence-corrected chi connectivity index (χ3v) is 4.19. The topological polar surface area (TPSA) is 29.9 Å². The predicted molar refractivity (Wildman–Crippen MR) is 64.4 cm³/mol. The zero-order chi connectivity index (χ0) is 11.0. The fourth-order valence-electron chi connectivity index (χ4n) is 2.78. The molecule has 0 bridgehead atoms. The Morgan fingerprint density at radius 3 is 2.88 bits per heavy atom. The third-order valence-electron chi connectivity index (χ3n) is 4.19. The molecule has 2 fully saturated rings. The van der Waals surface area contributed by atoms with Crippen LogP contribution in [-0.2, 0) is 12.0 Å². The maximum atomic E-state index is 4.37. The molecule has 1 aliphatic heterocycles. The number of imidazole rings is 1. The van der Waals surface area contributed by atoms with Gasteiger partial charge in [-0.2, -0.15) is 0 Å². The van der Waals surface area contributed by atoms with Gasteiger partial charge in [-0.1, -0.05) is 6.92 Å². The zero-order valence-electron chi connectivity index (χ0n) is 10.1. The molecule has 0 atom stereocenters. The molecule has 1 aromatic heterocycles. The summed E-state index contributed by atoms with van der Waals surface area (Å²) < 4.78 is 2.41. The maximum Gasteiger partial charge on any atom is 0.0948 e. The molecule has 2 aliphatic rings. The van der Waals surface area contributed by atoms with Crippen LogP contribution < -0.4 is 5.32 Å². The number of nitrogens with zero attached hydrogens (tertiary/aromatic N) is 2. The largest absolute Gasteiger partial charge is 0.334 e. The van der Waals surface area contributed by atoms with Crippen molar-refractivity contribution in [1.29, 1.82) is 0 Å². The first-order chi connectivity index (χ1) is 7.78. The molecule has 1 aliphatic carbocycles. The van der Waals surface area contributed by atoms with Crippen molar-refractivity contribution in [3.63, 3.8) is 0 Å². The van der Waals surface area contributed by atoms with Crippen LogP contribution in [-0.4, -0.2) is 22.6 Å². The van der Waals surface area contributed by atoms with E-state index in [1.54, 1.807) is 0 Å². The molecular formula is C13H21N3. The molecule has 0 radical (unpaired) electrons. The highest BCUT2D eigenvalue weighted by molar-refractivity contribution is 5.15. The van der Waals surface area contributed by atoms with Crippen LogP contribution in [0.1, 0.15) is 38.3 Å². The van der Waals surface area contributed by atoms with E-state index in [-0.39, 0.29) is 0 Å². The number of hydrogen-bond donors (Lipinski definition) is 1. The minimum Gasteiger partial charge on any atom is -0.334 e. The second kappa shape index (κ2) is 3.88. The second-order valence-electron chi connectivity index (χ2n) is 5.69. The summed E-state index contributed by atoms with van der Waals surface area (Å²) in [4.78, 5) is 4.37. The van der Waals surface area contributed by atoms with Crippen LogP contribution in [0.5, 0.6) is 0 Å². The quantitative estimate of drug-likeness (QED) is 0.842. The van der Waals surface area contributed by atoms with Gasteiger partial charge in [0.15, 0.2) is 0 Å². The van der Waals surface area contributed by atoms with Crippen molar-refractivity contribution in [3.8, 4) is 0 Å². The minimum absolute atomic E-state index is 0.344.